The van der Waals surface area contributed by atoms with Crippen molar-refractivity contribution in [1.29, 1.82) is 0 Å². The average Bonchev–Trinajstić information content (AvgIpc) is 3.26. The van der Waals surface area contributed by atoms with Crippen molar-refractivity contribution in [1.82, 2.24) is 10.3 Å². The lowest BCUT2D eigenvalue weighted by Gasteiger charge is -2.11. The lowest BCUT2D eigenvalue weighted by Crippen LogP contribution is -2.15. The van der Waals surface area contributed by atoms with E-state index in [0.717, 1.165) is 17.9 Å². The molecule has 0 radical (unpaired) electrons. The second-order valence-corrected chi connectivity index (χ2v) is 5.67. The Labute approximate surface area is 125 Å². The zero-order chi connectivity index (χ0) is 13.9. The van der Waals surface area contributed by atoms with Crippen molar-refractivity contribution < 1.29 is 9.13 Å². The van der Waals surface area contributed by atoms with Crippen LogP contribution in [0.3, 0.4) is 0 Å². The summed E-state index contributed by atoms with van der Waals surface area (Å²) in [6, 6.07) is 7.05. The molecular formula is C15H14BrFN2O. The van der Waals surface area contributed by atoms with Crippen LogP contribution in [0.2, 0.25) is 0 Å². The van der Waals surface area contributed by atoms with E-state index in [1.54, 1.807) is 24.5 Å². The molecule has 1 aliphatic rings. The van der Waals surface area contributed by atoms with Crippen molar-refractivity contribution in [3.63, 3.8) is 0 Å². The van der Waals surface area contributed by atoms with E-state index in [4.69, 9.17) is 4.74 Å². The summed E-state index contributed by atoms with van der Waals surface area (Å²) in [5.74, 6) is 1.03. The van der Waals surface area contributed by atoms with Gasteiger partial charge in [0.05, 0.1) is 4.47 Å². The summed E-state index contributed by atoms with van der Waals surface area (Å²) in [5, 5.41) is 3.43. The van der Waals surface area contributed by atoms with Gasteiger partial charge >= 0.3 is 0 Å². The Kier molecular flexibility index (Phi) is 3.98. The van der Waals surface area contributed by atoms with Crippen molar-refractivity contribution in [2.75, 3.05) is 0 Å². The molecule has 20 heavy (non-hydrogen) atoms. The molecule has 1 fully saturated rings. The molecule has 1 saturated carbocycles. The maximum atomic E-state index is 13.2. The maximum absolute atomic E-state index is 13.2. The summed E-state index contributed by atoms with van der Waals surface area (Å²) < 4.78 is 19.4. The molecule has 3 rings (SSSR count). The van der Waals surface area contributed by atoms with Gasteiger partial charge < -0.3 is 10.1 Å². The number of benzene rings is 1. The largest absolute Gasteiger partial charge is 0.457 e. The summed E-state index contributed by atoms with van der Waals surface area (Å²) in [5.41, 5.74) is 1.000. The minimum absolute atomic E-state index is 0.303. The zero-order valence-electron chi connectivity index (χ0n) is 10.8. The summed E-state index contributed by atoms with van der Waals surface area (Å²) in [6.45, 7) is 0.732. The molecule has 5 heteroatoms. The van der Waals surface area contributed by atoms with Crippen LogP contribution in [0.15, 0.2) is 41.1 Å². The van der Waals surface area contributed by atoms with Crippen LogP contribution in [0.5, 0.6) is 11.5 Å². The zero-order valence-corrected chi connectivity index (χ0v) is 12.4. The molecule has 1 aliphatic carbocycles. The Hall–Kier alpha value is -1.46. The van der Waals surface area contributed by atoms with Crippen LogP contribution in [-0.2, 0) is 6.54 Å². The van der Waals surface area contributed by atoms with E-state index in [1.807, 2.05) is 6.07 Å². The number of rotatable bonds is 5. The molecule has 1 N–H and O–H groups in total. The SMILES string of the molecule is Fc1ccc(Oc2ccncc2CNC2CC2)cc1Br. The van der Waals surface area contributed by atoms with E-state index in [9.17, 15) is 4.39 Å². The normalized spacial score (nSPS) is 14.3. The first-order valence-electron chi connectivity index (χ1n) is 6.51. The fourth-order valence-electron chi connectivity index (χ4n) is 1.86. The van der Waals surface area contributed by atoms with E-state index in [-0.39, 0.29) is 5.82 Å². The topological polar surface area (TPSA) is 34.1 Å². The van der Waals surface area contributed by atoms with Gasteiger partial charge in [-0.1, -0.05) is 0 Å². The number of pyridine rings is 1. The van der Waals surface area contributed by atoms with Gasteiger partial charge in [0.15, 0.2) is 0 Å². The molecule has 0 bridgehead atoms. The first kappa shape index (κ1) is 13.5. The third-order valence-corrected chi connectivity index (χ3v) is 3.74. The number of nitrogens with one attached hydrogen (secondary N) is 1. The van der Waals surface area contributed by atoms with Gasteiger partial charge in [-0.25, -0.2) is 4.39 Å². The predicted octanol–water partition coefficient (Wildman–Crippen LogP) is 4.03. The van der Waals surface area contributed by atoms with E-state index >= 15 is 0 Å². The molecule has 0 unspecified atom stereocenters. The van der Waals surface area contributed by atoms with Crippen molar-refractivity contribution in [2.45, 2.75) is 25.4 Å². The Morgan fingerprint density at radius 3 is 2.95 bits per heavy atom. The standard InChI is InChI=1S/C15H14BrFN2O/c16-13-7-12(3-4-14(13)17)20-15-5-6-18-8-10(15)9-19-11-1-2-11/h3-8,11,19H,1-2,9H2. The Morgan fingerprint density at radius 1 is 1.35 bits per heavy atom. The monoisotopic (exact) mass is 336 g/mol. The smallest absolute Gasteiger partial charge is 0.137 e. The molecule has 1 heterocycles. The molecule has 1 aromatic carbocycles. The van der Waals surface area contributed by atoms with Crippen LogP contribution in [0.4, 0.5) is 4.39 Å². The quantitative estimate of drug-likeness (QED) is 0.895. The first-order chi connectivity index (χ1) is 9.72. The highest BCUT2D eigenvalue weighted by Crippen LogP contribution is 2.29. The van der Waals surface area contributed by atoms with Crippen LogP contribution in [0.25, 0.3) is 0 Å². The highest BCUT2D eigenvalue weighted by Gasteiger charge is 2.20. The summed E-state index contributed by atoms with van der Waals surface area (Å²) >= 11 is 3.16. The van der Waals surface area contributed by atoms with E-state index in [0.29, 0.717) is 16.3 Å². The molecule has 3 nitrogen and oxygen atoms in total. The highest BCUT2D eigenvalue weighted by atomic mass is 79.9. The fourth-order valence-corrected chi connectivity index (χ4v) is 2.21. The van der Waals surface area contributed by atoms with Crippen molar-refractivity contribution in [2.24, 2.45) is 0 Å². The predicted molar refractivity (Wildman–Crippen MR) is 78.3 cm³/mol. The van der Waals surface area contributed by atoms with Gasteiger partial charge in [-0.2, -0.15) is 0 Å². The summed E-state index contributed by atoms with van der Waals surface area (Å²) in [4.78, 5) is 4.13. The van der Waals surface area contributed by atoms with Gasteiger partial charge in [-0.05, 0) is 53.0 Å². The lowest BCUT2D eigenvalue weighted by molar-refractivity contribution is 0.469. The van der Waals surface area contributed by atoms with Crippen LogP contribution in [0.1, 0.15) is 18.4 Å². The van der Waals surface area contributed by atoms with Gasteiger partial charge in [-0.3, -0.25) is 4.98 Å². The second kappa shape index (κ2) is 5.89. The molecule has 2 aromatic rings. The minimum atomic E-state index is -0.303. The Balaban J connectivity index is 1.76. The van der Waals surface area contributed by atoms with Gasteiger partial charge in [0, 0.05) is 30.5 Å². The molecular weight excluding hydrogens is 323 g/mol. The molecule has 0 aliphatic heterocycles. The van der Waals surface area contributed by atoms with Gasteiger partial charge in [-0.15, -0.1) is 0 Å². The number of hydrogen-bond acceptors (Lipinski definition) is 3. The van der Waals surface area contributed by atoms with Crippen LogP contribution in [-0.4, -0.2) is 11.0 Å². The fraction of sp³-hybridized carbons (Fsp3) is 0.267. The number of ether oxygens (including phenoxy) is 1. The maximum Gasteiger partial charge on any atom is 0.137 e. The van der Waals surface area contributed by atoms with Crippen molar-refractivity contribution in [3.05, 3.63) is 52.5 Å². The molecule has 0 spiro atoms. The molecule has 1 aromatic heterocycles. The molecule has 0 saturated heterocycles. The summed E-state index contributed by atoms with van der Waals surface area (Å²) in [6.07, 6.45) is 5.96. The first-order valence-corrected chi connectivity index (χ1v) is 7.31. The Bertz CT molecular complexity index is 617. The van der Waals surface area contributed by atoms with Gasteiger partial charge in [0.1, 0.15) is 17.3 Å². The average molecular weight is 337 g/mol. The van der Waals surface area contributed by atoms with Crippen molar-refractivity contribution in [3.8, 4) is 11.5 Å². The van der Waals surface area contributed by atoms with Crippen molar-refractivity contribution >= 4 is 15.9 Å². The number of hydrogen-bond donors (Lipinski definition) is 1. The van der Waals surface area contributed by atoms with Crippen LogP contribution >= 0.6 is 15.9 Å². The number of nitrogens with zero attached hydrogens (tertiary/aromatic N) is 1. The minimum Gasteiger partial charge on any atom is -0.457 e. The molecule has 104 valence electrons. The summed E-state index contributed by atoms with van der Waals surface area (Å²) in [7, 11) is 0. The highest BCUT2D eigenvalue weighted by molar-refractivity contribution is 9.10. The van der Waals surface area contributed by atoms with Gasteiger partial charge in [0.2, 0.25) is 0 Å². The van der Waals surface area contributed by atoms with Gasteiger partial charge in [0.25, 0.3) is 0 Å². The second-order valence-electron chi connectivity index (χ2n) is 4.82. The van der Waals surface area contributed by atoms with Crippen LogP contribution < -0.4 is 10.1 Å². The molecule has 0 amide bonds. The number of aromatic nitrogens is 1. The molecule has 0 atom stereocenters. The van der Waals surface area contributed by atoms with E-state index < -0.39 is 0 Å². The third kappa shape index (κ3) is 3.35. The lowest BCUT2D eigenvalue weighted by atomic mass is 10.2. The Morgan fingerprint density at radius 2 is 2.20 bits per heavy atom. The number of halogens is 2. The van der Waals surface area contributed by atoms with Crippen LogP contribution in [0, 0.1) is 5.82 Å². The van der Waals surface area contributed by atoms with E-state index in [1.165, 1.54) is 18.9 Å². The third-order valence-electron chi connectivity index (χ3n) is 3.14. The van der Waals surface area contributed by atoms with E-state index in [2.05, 4.69) is 26.2 Å².